The zero-order valence-corrected chi connectivity index (χ0v) is 11.2. The van der Waals surface area contributed by atoms with Crippen molar-refractivity contribution in [1.29, 1.82) is 0 Å². The molecule has 0 aliphatic heterocycles. The second kappa shape index (κ2) is 5.85. The molecule has 0 radical (unpaired) electrons. The lowest BCUT2D eigenvalue weighted by Crippen LogP contribution is -2.32. The Morgan fingerprint density at radius 3 is 3.00 bits per heavy atom. The third-order valence-electron chi connectivity index (χ3n) is 3.42. The molecule has 1 atom stereocenters. The molecular formula is C14H21N3O. The Morgan fingerprint density at radius 2 is 2.39 bits per heavy atom. The van der Waals surface area contributed by atoms with Crippen LogP contribution in [-0.4, -0.2) is 27.6 Å². The van der Waals surface area contributed by atoms with Gasteiger partial charge in [0.15, 0.2) is 0 Å². The second-order valence-electron chi connectivity index (χ2n) is 4.88. The summed E-state index contributed by atoms with van der Waals surface area (Å²) in [5, 5.41) is 4.23. The van der Waals surface area contributed by atoms with E-state index in [1.807, 2.05) is 29.0 Å². The number of rotatable bonds is 4. The van der Waals surface area contributed by atoms with Crippen molar-refractivity contribution >= 4 is 5.91 Å². The fraction of sp³-hybridized carbons (Fsp3) is 0.571. The molecule has 1 aromatic rings. The summed E-state index contributed by atoms with van der Waals surface area (Å²) in [5.74, 6) is 0.421. The van der Waals surface area contributed by atoms with Gasteiger partial charge >= 0.3 is 0 Å². The van der Waals surface area contributed by atoms with Gasteiger partial charge in [-0.15, -0.1) is 0 Å². The smallest absolute Gasteiger partial charge is 0.226 e. The average molecular weight is 247 g/mol. The quantitative estimate of drug-likeness (QED) is 0.765. The van der Waals surface area contributed by atoms with Gasteiger partial charge in [0, 0.05) is 37.8 Å². The number of amides is 1. The predicted molar refractivity (Wildman–Crippen MR) is 70.9 cm³/mol. The van der Waals surface area contributed by atoms with Crippen LogP contribution in [0, 0.1) is 5.92 Å². The van der Waals surface area contributed by atoms with E-state index in [1.54, 1.807) is 0 Å². The average Bonchev–Trinajstić information content (AvgIpc) is 2.86. The highest BCUT2D eigenvalue weighted by Crippen LogP contribution is 2.20. The summed E-state index contributed by atoms with van der Waals surface area (Å²) in [6, 6.07) is 0. The van der Waals surface area contributed by atoms with Crippen LogP contribution in [0.15, 0.2) is 24.5 Å². The monoisotopic (exact) mass is 247 g/mol. The maximum Gasteiger partial charge on any atom is 0.226 e. The summed E-state index contributed by atoms with van der Waals surface area (Å²) < 4.78 is 1.89. The van der Waals surface area contributed by atoms with Crippen molar-refractivity contribution in [3.63, 3.8) is 0 Å². The molecule has 4 nitrogen and oxygen atoms in total. The van der Waals surface area contributed by atoms with Gasteiger partial charge < -0.3 is 4.90 Å². The van der Waals surface area contributed by atoms with Gasteiger partial charge in [0.25, 0.3) is 0 Å². The SMILES string of the molecule is CCn1cc(CN(C)C(=O)C2CC=CCC2)cn1. The van der Waals surface area contributed by atoms with E-state index < -0.39 is 0 Å². The lowest BCUT2D eigenvalue weighted by atomic mass is 9.93. The van der Waals surface area contributed by atoms with Crippen molar-refractivity contribution in [3.05, 3.63) is 30.1 Å². The molecule has 1 heterocycles. The molecule has 0 N–H and O–H groups in total. The molecule has 1 unspecified atom stereocenters. The Morgan fingerprint density at radius 1 is 1.56 bits per heavy atom. The zero-order chi connectivity index (χ0) is 13.0. The molecule has 1 aliphatic rings. The molecule has 0 bridgehead atoms. The number of aromatic nitrogens is 2. The van der Waals surface area contributed by atoms with E-state index in [-0.39, 0.29) is 11.8 Å². The van der Waals surface area contributed by atoms with Crippen LogP contribution in [0.5, 0.6) is 0 Å². The van der Waals surface area contributed by atoms with Crippen LogP contribution in [-0.2, 0) is 17.9 Å². The number of carbonyl (C=O) groups is 1. The van der Waals surface area contributed by atoms with Crippen molar-refractivity contribution in [1.82, 2.24) is 14.7 Å². The highest BCUT2D eigenvalue weighted by atomic mass is 16.2. The maximum absolute atomic E-state index is 12.2. The number of nitrogens with zero attached hydrogens (tertiary/aromatic N) is 3. The van der Waals surface area contributed by atoms with Gasteiger partial charge in [0.2, 0.25) is 5.91 Å². The number of aryl methyl sites for hydroxylation is 1. The highest BCUT2D eigenvalue weighted by Gasteiger charge is 2.22. The first kappa shape index (κ1) is 12.9. The minimum Gasteiger partial charge on any atom is -0.341 e. The van der Waals surface area contributed by atoms with Gasteiger partial charge in [-0.05, 0) is 26.2 Å². The van der Waals surface area contributed by atoms with Crippen LogP contribution < -0.4 is 0 Å². The van der Waals surface area contributed by atoms with E-state index >= 15 is 0 Å². The van der Waals surface area contributed by atoms with Crippen LogP contribution in [0.25, 0.3) is 0 Å². The van der Waals surface area contributed by atoms with Crippen molar-refractivity contribution in [2.75, 3.05) is 7.05 Å². The van der Waals surface area contributed by atoms with E-state index in [0.717, 1.165) is 31.4 Å². The lowest BCUT2D eigenvalue weighted by Gasteiger charge is -2.24. The standard InChI is InChI=1S/C14H21N3O/c1-3-17-11-12(9-15-17)10-16(2)14(18)13-7-5-4-6-8-13/h4-5,9,11,13H,3,6-8,10H2,1-2H3. The molecule has 98 valence electrons. The maximum atomic E-state index is 12.2. The summed E-state index contributed by atoms with van der Waals surface area (Å²) in [5.41, 5.74) is 1.10. The van der Waals surface area contributed by atoms with Crippen LogP contribution >= 0.6 is 0 Å². The van der Waals surface area contributed by atoms with Crippen LogP contribution in [0.4, 0.5) is 0 Å². The topological polar surface area (TPSA) is 38.1 Å². The molecular weight excluding hydrogens is 226 g/mol. The number of allylic oxidation sites excluding steroid dienone is 2. The first-order valence-electron chi connectivity index (χ1n) is 6.62. The third-order valence-corrected chi connectivity index (χ3v) is 3.42. The van der Waals surface area contributed by atoms with E-state index in [4.69, 9.17) is 0 Å². The molecule has 1 aliphatic carbocycles. The van der Waals surface area contributed by atoms with Gasteiger partial charge in [-0.3, -0.25) is 9.48 Å². The van der Waals surface area contributed by atoms with Gasteiger partial charge in [0.05, 0.1) is 6.20 Å². The summed E-state index contributed by atoms with van der Waals surface area (Å²) >= 11 is 0. The Labute approximate surface area is 108 Å². The first-order valence-corrected chi connectivity index (χ1v) is 6.62. The lowest BCUT2D eigenvalue weighted by molar-refractivity contribution is -0.135. The second-order valence-corrected chi connectivity index (χ2v) is 4.88. The Bertz CT molecular complexity index is 436. The summed E-state index contributed by atoms with van der Waals surface area (Å²) in [7, 11) is 1.88. The minimum atomic E-state index is 0.168. The number of hydrogen-bond acceptors (Lipinski definition) is 2. The van der Waals surface area contributed by atoms with Crippen molar-refractivity contribution in [2.45, 2.75) is 39.3 Å². The van der Waals surface area contributed by atoms with Gasteiger partial charge in [-0.1, -0.05) is 12.2 Å². The molecule has 0 saturated carbocycles. The molecule has 4 heteroatoms. The Balaban J connectivity index is 1.92. The van der Waals surface area contributed by atoms with Gasteiger partial charge in [-0.2, -0.15) is 5.10 Å². The van der Waals surface area contributed by atoms with E-state index in [2.05, 4.69) is 24.2 Å². The summed E-state index contributed by atoms with van der Waals surface area (Å²) in [6.07, 6.45) is 11.0. The Hall–Kier alpha value is -1.58. The molecule has 18 heavy (non-hydrogen) atoms. The molecule has 2 rings (SSSR count). The number of carbonyl (C=O) groups excluding carboxylic acids is 1. The largest absolute Gasteiger partial charge is 0.341 e. The highest BCUT2D eigenvalue weighted by molar-refractivity contribution is 5.78. The molecule has 1 amide bonds. The fourth-order valence-corrected chi connectivity index (χ4v) is 2.34. The van der Waals surface area contributed by atoms with E-state index in [9.17, 15) is 4.79 Å². The predicted octanol–water partition coefficient (Wildman–Crippen LogP) is 2.22. The van der Waals surface area contributed by atoms with Crippen molar-refractivity contribution < 1.29 is 4.79 Å². The molecule has 1 aromatic heterocycles. The fourth-order valence-electron chi connectivity index (χ4n) is 2.34. The van der Waals surface area contributed by atoms with Crippen LogP contribution in [0.2, 0.25) is 0 Å². The normalized spacial score (nSPS) is 18.9. The van der Waals surface area contributed by atoms with Crippen LogP contribution in [0.1, 0.15) is 31.7 Å². The summed E-state index contributed by atoms with van der Waals surface area (Å²) in [6.45, 7) is 3.57. The van der Waals surface area contributed by atoms with E-state index in [1.165, 1.54) is 0 Å². The number of hydrogen-bond donors (Lipinski definition) is 0. The molecule has 0 spiro atoms. The minimum absolute atomic E-state index is 0.168. The molecule has 0 fully saturated rings. The third kappa shape index (κ3) is 3.00. The van der Waals surface area contributed by atoms with Crippen molar-refractivity contribution in [3.8, 4) is 0 Å². The van der Waals surface area contributed by atoms with Gasteiger partial charge in [0.1, 0.15) is 0 Å². The van der Waals surface area contributed by atoms with Crippen LogP contribution in [0.3, 0.4) is 0 Å². The Kier molecular flexibility index (Phi) is 4.18. The first-order chi connectivity index (χ1) is 8.70. The van der Waals surface area contributed by atoms with Crippen molar-refractivity contribution in [2.24, 2.45) is 5.92 Å². The molecule has 0 aromatic carbocycles. The van der Waals surface area contributed by atoms with Gasteiger partial charge in [-0.25, -0.2) is 0 Å². The zero-order valence-electron chi connectivity index (χ0n) is 11.2. The van der Waals surface area contributed by atoms with E-state index in [0.29, 0.717) is 6.54 Å². The summed E-state index contributed by atoms with van der Waals surface area (Å²) in [4.78, 5) is 14.1. The molecule has 0 saturated heterocycles.